The summed E-state index contributed by atoms with van der Waals surface area (Å²) in [7, 11) is 0. The minimum atomic E-state index is 0.472. The summed E-state index contributed by atoms with van der Waals surface area (Å²) in [6.45, 7) is 9.09. The molecular formula is C17H27N. The van der Waals surface area contributed by atoms with Crippen molar-refractivity contribution in [2.75, 3.05) is 0 Å². The van der Waals surface area contributed by atoms with Crippen LogP contribution in [0.1, 0.15) is 62.3 Å². The van der Waals surface area contributed by atoms with Gasteiger partial charge in [-0.25, -0.2) is 0 Å². The Kier molecular flexibility index (Phi) is 4.45. The minimum absolute atomic E-state index is 0.472. The van der Waals surface area contributed by atoms with Crippen LogP contribution in [0.5, 0.6) is 0 Å². The van der Waals surface area contributed by atoms with Crippen LogP contribution in [0.25, 0.3) is 0 Å². The van der Waals surface area contributed by atoms with Crippen LogP contribution in [0.3, 0.4) is 0 Å². The quantitative estimate of drug-likeness (QED) is 0.825. The summed E-state index contributed by atoms with van der Waals surface area (Å²) >= 11 is 0. The molecule has 0 amide bonds. The van der Waals surface area contributed by atoms with E-state index in [1.165, 1.54) is 42.4 Å². The second kappa shape index (κ2) is 5.88. The molecule has 1 N–H and O–H groups in total. The van der Waals surface area contributed by atoms with Gasteiger partial charge in [0.1, 0.15) is 0 Å². The van der Waals surface area contributed by atoms with Crippen molar-refractivity contribution >= 4 is 0 Å². The SMILES string of the molecule is Cc1ccc(C)c(C(C)NC2CCCC(C)C2)c1. The molecule has 1 saturated carbocycles. The molecule has 0 spiro atoms. The van der Waals surface area contributed by atoms with Crippen LogP contribution in [0.2, 0.25) is 0 Å². The topological polar surface area (TPSA) is 12.0 Å². The molecule has 1 fully saturated rings. The average Bonchev–Trinajstić information content (AvgIpc) is 2.32. The van der Waals surface area contributed by atoms with Gasteiger partial charge in [-0.05, 0) is 50.7 Å². The first-order valence-corrected chi connectivity index (χ1v) is 7.39. The normalized spacial score (nSPS) is 26.0. The molecule has 0 saturated heterocycles. The standard InChI is InChI=1S/C17H27N/c1-12-6-5-7-16(10-12)18-15(4)17-11-13(2)8-9-14(17)3/h8-9,11-12,15-16,18H,5-7,10H2,1-4H3. The van der Waals surface area contributed by atoms with Crippen LogP contribution in [0, 0.1) is 19.8 Å². The first-order chi connectivity index (χ1) is 8.56. The molecule has 1 aliphatic carbocycles. The van der Waals surface area contributed by atoms with Crippen LogP contribution in [-0.4, -0.2) is 6.04 Å². The van der Waals surface area contributed by atoms with Crippen molar-refractivity contribution in [3.8, 4) is 0 Å². The molecular weight excluding hydrogens is 218 g/mol. The highest BCUT2D eigenvalue weighted by molar-refractivity contribution is 5.32. The Bertz CT molecular complexity index is 397. The van der Waals surface area contributed by atoms with Crippen LogP contribution in [-0.2, 0) is 0 Å². The maximum absolute atomic E-state index is 3.83. The second-order valence-electron chi connectivity index (χ2n) is 6.22. The predicted octanol–water partition coefficient (Wildman–Crippen LogP) is 4.53. The summed E-state index contributed by atoms with van der Waals surface area (Å²) < 4.78 is 0. The number of aryl methyl sites for hydroxylation is 2. The van der Waals surface area contributed by atoms with E-state index >= 15 is 0 Å². The minimum Gasteiger partial charge on any atom is -0.307 e. The van der Waals surface area contributed by atoms with Crippen molar-refractivity contribution in [3.05, 3.63) is 34.9 Å². The zero-order valence-corrected chi connectivity index (χ0v) is 12.3. The van der Waals surface area contributed by atoms with Gasteiger partial charge < -0.3 is 5.32 Å². The van der Waals surface area contributed by atoms with Crippen LogP contribution >= 0.6 is 0 Å². The predicted molar refractivity (Wildman–Crippen MR) is 78.9 cm³/mol. The maximum atomic E-state index is 3.83. The van der Waals surface area contributed by atoms with Crippen molar-refractivity contribution in [1.29, 1.82) is 0 Å². The van der Waals surface area contributed by atoms with E-state index < -0.39 is 0 Å². The Balaban J connectivity index is 2.02. The molecule has 100 valence electrons. The van der Waals surface area contributed by atoms with E-state index in [4.69, 9.17) is 0 Å². The summed E-state index contributed by atoms with van der Waals surface area (Å²) in [6.07, 6.45) is 5.49. The Morgan fingerprint density at radius 2 is 2.00 bits per heavy atom. The third-order valence-electron chi connectivity index (χ3n) is 4.32. The van der Waals surface area contributed by atoms with E-state index in [0.29, 0.717) is 12.1 Å². The molecule has 0 bridgehead atoms. The van der Waals surface area contributed by atoms with Gasteiger partial charge in [0.25, 0.3) is 0 Å². The van der Waals surface area contributed by atoms with E-state index in [1.54, 1.807) is 0 Å². The Hall–Kier alpha value is -0.820. The Labute approximate surface area is 112 Å². The number of hydrogen-bond donors (Lipinski definition) is 1. The highest BCUT2D eigenvalue weighted by atomic mass is 14.9. The molecule has 18 heavy (non-hydrogen) atoms. The van der Waals surface area contributed by atoms with Gasteiger partial charge >= 0.3 is 0 Å². The lowest BCUT2D eigenvalue weighted by Gasteiger charge is -2.31. The maximum Gasteiger partial charge on any atom is 0.0297 e. The first kappa shape index (κ1) is 13.6. The summed E-state index contributed by atoms with van der Waals surface area (Å²) in [5.74, 6) is 0.891. The van der Waals surface area contributed by atoms with Gasteiger partial charge in [-0.1, -0.05) is 43.5 Å². The molecule has 0 aliphatic heterocycles. The van der Waals surface area contributed by atoms with Gasteiger partial charge in [0, 0.05) is 12.1 Å². The van der Waals surface area contributed by atoms with Gasteiger partial charge in [-0.15, -0.1) is 0 Å². The number of hydrogen-bond acceptors (Lipinski definition) is 1. The number of nitrogens with one attached hydrogen (secondary N) is 1. The van der Waals surface area contributed by atoms with Crippen molar-refractivity contribution in [1.82, 2.24) is 5.32 Å². The van der Waals surface area contributed by atoms with Crippen molar-refractivity contribution in [2.45, 2.75) is 65.5 Å². The molecule has 3 unspecified atom stereocenters. The van der Waals surface area contributed by atoms with Gasteiger partial charge in [0.15, 0.2) is 0 Å². The molecule has 0 heterocycles. The Morgan fingerprint density at radius 1 is 1.22 bits per heavy atom. The molecule has 1 heteroatoms. The number of benzene rings is 1. The van der Waals surface area contributed by atoms with Crippen molar-refractivity contribution < 1.29 is 0 Å². The summed E-state index contributed by atoms with van der Waals surface area (Å²) in [6, 6.07) is 7.96. The molecule has 0 aromatic heterocycles. The highest BCUT2D eigenvalue weighted by Crippen LogP contribution is 2.26. The van der Waals surface area contributed by atoms with Crippen molar-refractivity contribution in [3.63, 3.8) is 0 Å². The molecule has 1 aromatic carbocycles. The number of rotatable bonds is 3. The first-order valence-electron chi connectivity index (χ1n) is 7.39. The molecule has 1 aromatic rings. The molecule has 2 rings (SSSR count). The van der Waals surface area contributed by atoms with Crippen molar-refractivity contribution in [2.24, 2.45) is 5.92 Å². The van der Waals surface area contributed by atoms with Gasteiger partial charge in [-0.2, -0.15) is 0 Å². The highest BCUT2D eigenvalue weighted by Gasteiger charge is 2.21. The van der Waals surface area contributed by atoms with Gasteiger partial charge in [0.05, 0.1) is 0 Å². The van der Waals surface area contributed by atoms with E-state index in [-0.39, 0.29) is 0 Å². The van der Waals surface area contributed by atoms with Gasteiger partial charge in [0.2, 0.25) is 0 Å². The Morgan fingerprint density at radius 3 is 2.72 bits per heavy atom. The fourth-order valence-corrected chi connectivity index (χ4v) is 3.26. The molecule has 1 nitrogen and oxygen atoms in total. The van der Waals surface area contributed by atoms with Crippen LogP contribution in [0.15, 0.2) is 18.2 Å². The third-order valence-corrected chi connectivity index (χ3v) is 4.32. The lowest BCUT2D eigenvalue weighted by molar-refractivity contribution is 0.285. The lowest BCUT2D eigenvalue weighted by atomic mass is 9.86. The van der Waals surface area contributed by atoms with E-state index in [0.717, 1.165) is 5.92 Å². The van der Waals surface area contributed by atoms with E-state index in [9.17, 15) is 0 Å². The van der Waals surface area contributed by atoms with Crippen LogP contribution < -0.4 is 5.32 Å². The second-order valence-corrected chi connectivity index (χ2v) is 6.22. The lowest BCUT2D eigenvalue weighted by Crippen LogP contribution is -2.35. The summed E-state index contributed by atoms with van der Waals surface area (Å²) in [4.78, 5) is 0. The van der Waals surface area contributed by atoms with Crippen LogP contribution in [0.4, 0.5) is 0 Å². The zero-order valence-electron chi connectivity index (χ0n) is 12.3. The molecule has 1 aliphatic rings. The molecule has 0 radical (unpaired) electrons. The van der Waals surface area contributed by atoms with E-state index in [1.807, 2.05) is 0 Å². The fraction of sp³-hybridized carbons (Fsp3) is 0.647. The van der Waals surface area contributed by atoms with Gasteiger partial charge in [-0.3, -0.25) is 0 Å². The summed E-state index contributed by atoms with van der Waals surface area (Å²) in [5, 5.41) is 3.83. The monoisotopic (exact) mass is 245 g/mol. The third kappa shape index (κ3) is 3.35. The fourth-order valence-electron chi connectivity index (χ4n) is 3.26. The average molecular weight is 245 g/mol. The summed E-state index contributed by atoms with van der Waals surface area (Å²) in [5.41, 5.74) is 4.24. The van der Waals surface area contributed by atoms with E-state index in [2.05, 4.69) is 51.2 Å². The largest absolute Gasteiger partial charge is 0.307 e. The molecule has 3 atom stereocenters. The zero-order chi connectivity index (χ0) is 13.1. The smallest absolute Gasteiger partial charge is 0.0297 e.